The minimum absolute atomic E-state index is 0.789. The first-order chi connectivity index (χ1) is 15.3. The highest BCUT2D eigenvalue weighted by atomic mass is 16.5. The van der Waals surface area contributed by atoms with Crippen LogP contribution in [0.2, 0.25) is 0 Å². The second-order valence-electron chi connectivity index (χ2n) is 11.3. The van der Waals surface area contributed by atoms with Gasteiger partial charge in [-0.1, -0.05) is 64.5 Å². The fraction of sp³-hybridized carbons (Fsp3) is 0.800. The van der Waals surface area contributed by atoms with Crippen LogP contribution in [0, 0.1) is 29.6 Å². The first kappa shape index (κ1) is 23.2. The number of fused-ring (bicyclic) bond motifs is 1. The summed E-state index contributed by atoms with van der Waals surface area (Å²) in [5.74, 6) is 7.05. The van der Waals surface area contributed by atoms with Gasteiger partial charge in [-0.05, 0) is 111 Å². The number of unbranched alkanes of at least 4 members (excludes halogenated alkanes) is 2. The molecule has 1 heteroatoms. The van der Waals surface area contributed by atoms with Gasteiger partial charge < -0.3 is 4.74 Å². The molecule has 0 radical (unpaired) electrons. The maximum absolute atomic E-state index is 5.78. The molecule has 174 valence electrons. The molecule has 4 rings (SSSR count). The fourth-order valence-electron chi connectivity index (χ4n) is 7.34. The minimum atomic E-state index is 0.789. The minimum Gasteiger partial charge on any atom is -0.494 e. The standard InChI is InChI=1S/C30H48O/c1-3-5-6-7-23-8-10-24(11-9-23)26-12-14-29-22-27(13-15-28(29)21-26)25-16-18-30(19-17-25)31-20-4-2/h16-19,23-24,26-29H,3-15,20-22H2,1-2H3. The highest BCUT2D eigenvalue weighted by molar-refractivity contribution is 5.30. The summed E-state index contributed by atoms with van der Waals surface area (Å²) in [6.07, 6.45) is 22.0. The van der Waals surface area contributed by atoms with E-state index in [9.17, 15) is 0 Å². The molecule has 3 fully saturated rings. The molecule has 1 aromatic carbocycles. The molecule has 4 unspecified atom stereocenters. The van der Waals surface area contributed by atoms with Crippen molar-refractivity contribution in [2.45, 2.75) is 116 Å². The van der Waals surface area contributed by atoms with E-state index in [4.69, 9.17) is 4.74 Å². The molecular weight excluding hydrogens is 376 g/mol. The van der Waals surface area contributed by atoms with E-state index < -0.39 is 0 Å². The summed E-state index contributed by atoms with van der Waals surface area (Å²) in [6, 6.07) is 9.10. The third kappa shape index (κ3) is 6.29. The Balaban J connectivity index is 1.22. The lowest BCUT2D eigenvalue weighted by Crippen LogP contribution is -2.34. The van der Waals surface area contributed by atoms with E-state index in [0.717, 1.165) is 54.3 Å². The zero-order valence-corrected chi connectivity index (χ0v) is 20.5. The Morgan fingerprint density at radius 1 is 0.677 bits per heavy atom. The van der Waals surface area contributed by atoms with Gasteiger partial charge in [-0.15, -0.1) is 0 Å². The Labute approximate surface area is 192 Å². The summed E-state index contributed by atoms with van der Waals surface area (Å²) in [5.41, 5.74) is 1.56. The highest BCUT2D eigenvalue weighted by Gasteiger charge is 2.39. The van der Waals surface area contributed by atoms with Gasteiger partial charge in [0.15, 0.2) is 0 Å². The van der Waals surface area contributed by atoms with Crippen LogP contribution in [0.3, 0.4) is 0 Å². The molecule has 0 aromatic heterocycles. The molecule has 1 aromatic rings. The zero-order chi connectivity index (χ0) is 21.5. The van der Waals surface area contributed by atoms with Crippen molar-refractivity contribution in [3.63, 3.8) is 0 Å². The third-order valence-corrected chi connectivity index (χ3v) is 9.25. The maximum atomic E-state index is 5.78. The smallest absolute Gasteiger partial charge is 0.119 e. The van der Waals surface area contributed by atoms with Gasteiger partial charge in [0.1, 0.15) is 5.75 Å². The van der Waals surface area contributed by atoms with Crippen LogP contribution in [0.1, 0.15) is 122 Å². The molecule has 0 bridgehead atoms. The Hall–Kier alpha value is -0.980. The monoisotopic (exact) mass is 424 g/mol. The fourth-order valence-corrected chi connectivity index (χ4v) is 7.34. The number of ether oxygens (including phenoxy) is 1. The van der Waals surface area contributed by atoms with Crippen LogP contribution in [0.5, 0.6) is 5.75 Å². The molecule has 0 amide bonds. The van der Waals surface area contributed by atoms with Gasteiger partial charge in [0.05, 0.1) is 6.61 Å². The second-order valence-corrected chi connectivity index (χ2v) is 11.3. The number of rotatable bonds is 9. The van der Waals surface area contributed by atoms with E-state index in [1.165, 1.54) is 57.8 Å². The molecule has 0 aliphatic heterocycles. The number of hydrogen-bond acceptors (Lipinski definition) is 1. The van der Waals surface area contributed by atoms with Gasteiger partial charge >= 0.3 is 0 Å². The average molecular weight is 425 g/mol. The van der Waals surface area contributed by atoms with Crippen molar-refractivity contribution < 1.29 is 4.74 Å². The second kappa shape index (κ2) is 11.8. The molecule has 0 N–H and O–H groups in total. The summed E-state index contributed by atoms with van der Waals surface area (Å²) in [6.45, 7) is 5.33. The van der Waals surface area contributed by atoms with Crippen LogP contribution >= 0.6 is 0 Å². The molecule has 3 aliphatic rings. The lowest BCUT2D eigenvalue weighted by atomic mass is 9.60. The SMILES string of the molecule is CCCCCC1CCC(C2CCC3CC(c4ccc(OCCC)cc4)CCC3C2)CC1. The van der Waals surface area contributed by atoms with Crippen LogP contribution in [0.25, 0.3) is 0 Å². The summed E-state index contributed by atoms with van der Waals surface area (Å²) in [4.78, 5) is 0. The lowest BCUT2D eigenvalue weighted by molar-refractivity contribution is 0.0710. The quantitative estimate of drug-likeness (QED) is 0.359. The van der Waals surface area contributed by atoms with Crippen LogP contribution in [-0.4, -0.2) is 6.61 Å². The summed E-state index contributed by atoms with van der Waals surface area (Å²) in [7, 11) is 0. The molecular formula is C30H48O. The third-order valence-electron chi connectivity index (χ3n) is 9.25. The van der Waals surface area contributed by atoms with Crippen molar-refractivity contribution in [3.05, 3.63) is 29.8 Å². The van der Waals surface area contributed by atoms with E-state index >= 15 is 0 Å². The molecule has 3 aliphatic carbocycles. The van der Waals surface area contributed by atoms with Crippen LogP contribution in [0.4, 0.5) is 0 Å². The number of hydrogen-bond donors (Lipinski definition) is 0. The maximum Gasteiger partial charge on any atom is 0.119 e. The number of benzene rings is 1. The van der Waals surface area contributed by atoms with Crippen molar-refractivity contribution >= 4 is 0 Å². The Morgan fingerprint density at radius 3 is 2.03 bits per heavy atom. The lowest BCUT2D eigenvalue weighted by Gasteiger charge is -2.45. The van der Waals surface area contributed by atoms with Gasteiger partial charge in [0, 0.05) is 0 Å². The molecule has 0 saturated heterocycles. The van der Waals surface area contributed by atoms with E-state index in [1.54, 1.807) is 37.7 Å². The summed E-state index contributed by atoms with van der Waals surface area (Å²) < 4.78 is 5.78. The van der Waals surface area contributed by atoms with Gasteiger partial charge in [-0.3, -0.25) is 0 Å². The topological polar surface area (TPSA) is 9.23 Å². The predicted octanol–water partition coefficient (Wildman–Crippen LogP) is 9.16. The first-order valence-electron chi connectivity index (χ1n) is 14.0. The summed E-state index contributed by atoms with van der Waals surface area (Å²) >= 11 is 0. The van der Waals surface area contributed by atoms with Gasteiger partial charge in [-0.25, -0.2) is 0 Å². The van der Waals surface area contributed by atoms with E-state index in [1.807, 2.05) is 0 Å². The normalized spacial score (nSPS) is 33.6. The van der Waals surface area contributed by atoms with Gasteiger partial charge in [-0.2, -0.15) is 0 Å². The summed E-state index contributed by atoms with van der Waals surface area (Å²) in [5, 5.41) is 0. The molecule has 3 saturated carbocycles. The molecule has 0 spiro atoms. The van der Waals surface area contributed by atoms with Crippen molar-refractivity contribution in [2.24, 2.45) is 29.6 Å². The largest absolute Gasteiger partial charge is 0.494 e. The Morgan fingerprint density at radius 2 is 1.32 bits per heavy atom. The predicted molar refractivity (Wildman–Crippen MR) is 133 cm³/mol. The van der Waals surface area contributed by atoms with Crippen LogP contribution < -0.4 is 4.74 Å². The van der Waals surface area contributed by atoms with Crippen molar-refractivity contribution in [2.75, 3.05) is 6.61 Å². The van der Waals surface area contributed by atoms with E-state index in [-0.39, 0.29) is 0 Å². The first-order valence-corrected chi connectivity index (χ1v) is 14.0. The molecule has 1 nitrogen and oxygen atoms in total. The van der Waals surface area contributed by atoms with Crippen LogP contribution in [0.15, 0.2) is 24.3 Å². The highest BCUT2D eigenvalue weighted by Crippen LogP contribution is 2.51. The van der Waals surface area contributed by atoms with Crippen molar-refractivity contribution in [1.29, 1.82) is 0 Å². The van der Waals surface area contributed by atoms with E-state index in [2.05, 4.69) is 38.1 Å². The Bertz CT molecular complexity index is 626. The molecule has 0 heterocycles. The van der Waals surface area contributed by atoms with Gasteiger partial charge in [0.2, 0.25) is 0 Å². The molecule has 4 atom stereocenters. The van der Waals surface area contributed by atoms with Crippen molar-refractivity contribution in [1.82, 2.24) is 0 Å². The van der Waals surface area contributed by atoms with E-state index in [0.29, 0.717) is 0 Å². The van der Waals surface area contributed by atoms with Crippen LogP contribution in [-0.2, 0) is 0 Å². The molecule has 31 heavy (non-hydrogen) atoms. The average Bonchev–Trinajstić information content (AvgIpc) is 2.83. The van der Waals surface area contributed by atoms with Crippen molar-refractivity contribution in [3.8, 4) is 5.75 Å². The zero-order valence-electron chi connectivity index (χ0n) is 20.5. The Kier molecular flexibility index (Phi) is 8.79. The van der Waals surface area contributed by atoms with Gasteiger partial charge in [0.25, 0.3) is 0 Å².